The minimum atomic E-state index is -0.885. The lowest BCUT2D eigenvalue weighted by Crippen LogP contribution is -2.43. The van der Waals surface area contributed by atoms with Crippen LogP contribution in [-0.4, -0.2) is 10.9 Å². The summed E-state index contributed by atoms with van der Waals surface area (Å²) < 4.78 is 0. The SMILES string of the molecule is CCC(C)(C(=O)Nc1cc(Cl)cc(Cl)c1)C(N)=S. The molecule has 1 unspecified atom stereocenters. The van der Waals surface area contributed by atoms with Gasteiger partial charge in [0.1, 0.15) is 0 Å². The number of nitrogens with one attached hydrogen (secondary N) is 1. The summed E-state index contributed by atoms with van der Waals surface area (Å²) in [5.74, 6) is -0.268. The van der Waals surface area contributed by atoms with E-state index in [-0.39, 0.29) is 10.9 Å². The van der Waals surface area contributed by atoms with Crippen LogP contribution < -0.4 is 11.1 Å². The summed E-state index contributed by atoms with van der Waals surface area (Å²) in [7, 11) is 0. The van der Waals surface area contributed by atoms with Gasteiger partial charge in [0, 0.05) is 15.7 Å². The summed E-state index contributed by atoms with van der Waals surface area (Å²) in [4.78, 5) is 12.3. The van der Waals surface area contributed by atoms with Gasteiger partial charge in [-0.05, 0) is 31.5 Å². The van der Waals surface area contributed by atoms with E-state index in [1.54, 1.807) is 25.1 Å². The quantitative estimate of drug-likeness (QED) is 0.835. The van der Waals surface area contributed by atoms with E-state index in [1.807, 2.05) is 6.92 Å². The summed E-state index contributed by atoms with van der Waals surface area (Å²) >= 11 is 16.7. The molecule has 0 aliphatic heterocycles. The topological polar surface area (TPSA) is 55.1 Å². The van der Waals surface area contributed by atoms with Crippen LogP contribution in [0.4, 0.5) is 5.69 Å². The molecule has 0 saturated carbocycles. The van der Waals surface area contributed by atoms with Crippen molar-refractivity contribution in [2.45, 2.75) is 20.3 Å². The van der Waals surface area contributed by atoms with Gasteiger partial charge in [0.15, 0.2) is 0 Å². The molecule has 0 aliphatic carbocycles. The second-order valence-corrected chi connectivity index (χ2v) is 5.47. The van der Waals surface area contributed by atoms with E-state index in [0.29, 0.717) is 22.2 Å². The Kier molecular flexibility index (Phi) is 4.96. The van der Waals surface area contributed by atoms with E-state index in [9.17, 15) is 4.79 Å². The lowest BCUT2D eigenvalue weighted by Gasteiger charge is -2.25. The maximum atomic E-state index is 12.2. The van der Waals surface area contributed by atoms with Crippen LogP contribution in [0.1, 0.15) is 20.3 Å². The van der Waals surface area contributed by atoms with E-state index in [1.165, 1.54) is 0 Å². The fourth-order valence-corrected chi connectivity index (χ4v) is 2.10. The number of hydrogen-bond donors (Lipinski definition) is 2. The number of nitrogens with two attached hydrogens (primary N) is 1. The maximum Gasteiger partial charge on any atom is 0.237 e. The molecule has 1 aromatic rings. The van der Waals surface area contributed by atoms with Crippen molar-refractivity contribution < 1.29 is 4.79 Å². The Bertz CT molecular complexity index is 473. The second kappa shape index (κ2) is 5.87. The molecule has 0 fully saturated rings. The Balaban J connectivity index is 2.97. The van der Waals surface area contributed by atoms with Crippen molar-refractivity contribution in [3.63, 3.8) is 0 Å². The van der Waals surface area contributed by atoms with Gasteiger partial charge in [-0.25, -0.2) is 0 Å². The number of benzene rings is 1. The molecular formula is C12H14Cl2N2OS. The second-order valence-electron chi connectivity index (χ2n) is 4.16. The van der Waals surface area contributed by atoms with E-state index in [4.69, 9.17) is 41.2 Å². The molecule has 18 heavy (non-hydrogen) atoms. The molecule has 0 spiro atoms. The Morgan fingerprint density at radius 1 is 1.39 bits per heavy atom. The molecule has 0 saturated heterocycles. The van der Waals surface area contributed by atoms with Crippen LogP contribution in [-0.2, 0) is 4.79 Å². The van der Waals surface area contributed by atoms with E-state index < -0.39 is 5.41 Å². The molecule has 0 aromatic heterocycles. The van der Waals surface area contributed by atoms with Gasteiger partial charge in [-0.15, -0.1) is 0 Å². The molecule has 0 heterocycles. The van der Waals surface area contributed by atoms with Crippen LogP contribution in [0, 0.1) is 5.41 Å². The summed E-state index contributed by atoms with van der Waals surface area (Å²) in [6, 6.07) is 4.81. The zero-order valence-corrected chi connectivity index (χ0v) is 12.4. The Morgan fingerprint density at radius 2 is 1.89 bits per heavy atom. The van der Waals surface area contributed by atoms with Crippen LogP contribution in [0.5, 0.6) is 0 Å². The summed E-state index contributed by atoms with van der Waals surface area (Å²) in [5.41, 5.74) is 5.25. The molecule has 0 bridgehead atoms. The molecule has 98 valence electrons. The zero-order valence-electron chi connectivity index (χ0n) is 10.1. The van der Waals surface area contributed by atoms with Gasteiger partial charge < -0.3 is 11.1 Å². The highest BCUT2D eigenvalue weighted by Crippen LogP contribution is 2.27. The molecule has 1 amide bonds. The van der Waals surface area contributed by atoms with Gasteiger partial charge in [-0.2, -0.15) is 0 Å². The van der Waals surface area contributed by atoms with Crippen molar-refractivity contribution in [3.8, 4) is 0 Å². The molecule has 0 aliphatic rings. The predicted molar refractivity (Wildman–Crippen MR) is 80.3 cm³/mol. The number of rotatable bonds is 4. The van der Waals surface area contributed by atoms with E-state index in [0.717, 1.165) is 0 Å². The number of halogens is 2. The largest absolute Gasteiger partial charge is 0.392 e. The van der Waals surface area contributed by atoms with Crippen LogP contribution in [0.15, 0.2) is 18.2 Å². The summed E-state index contributed by atoms with van der Waals surface area (Å²) in [5, 5.41) is 3.62. The normalized spacial score (nSPS) is 13.8. The van der Waals surface area contributed by atoms with E-state index in [2.05, 4.69) is 5.32 Å². The highest BCUT2D eigenvalue weighted by atomic mass is 35.5. The number of carbonyl (C=O) groups excluding carboxylic acids is 1. The number of carbonyl (C=O) groups is 1. The van der Waals surface area contributed by atoms with Crippen molar-refractivity contribution in [2.24, 2.45) is 11.1 Å². The summed E-state index contributed by atoms with van der Waals surface area (Å²) in [6.45, 7) is 3.56. The van der Waals surface area contributed by atoms with Gasteiger partial charge in [-0.1, -0.05) is 42.3 Å². The average molecular weight is 305 g/mol. The van der Waals surface area contributed by atoms with Gasteiger partial charge in [-0.3, -0.25) is 4.79 Å². The first-order chi connectivity index (χ1) is 8.29. The van der Waals surface area contributed by atoms with Crippen molar-refractivity contribution in [2.75, 3.05) is 5.32 Å². The monoisotopic (exact) mass is 304 g/mol. The molecular weight excluding hydrogens is 291 g/mol. The maximum absolute atomic E-state index is 12.2. The number of anilines is 1. The molecule has 1 rings (SSSR count). The molecule has 1 atom stereocenters. The van der Waals surface area contributed by atoms with Crippen LogP contribution in [0.2, 0.25) is 10.0 Å². The third kappa shape index (κ3) is 3.34. The smallest absolute Gasteiger partial charge is 0.237 e. The molecule has 3 nitrogen and oxygen atoms in total. The van der Waals surface area contributed by atoms with Crippen molar-refractivity contribution in [1.82, 2.24) is 0 Å². The highest BCUT2D eigenvalue weighted by Gasteiger charge is 2.34. The molecule has 3 N–H and O–H groups in total. The molecule has 6 heteroatoms. The van der Waals surface area contributed by atoms with Gasteiger partial charge in [0.05, 0.1) is 10.4 Å². The van der Waals surface area contributed by atoms with Crippen LogP contribution >= 0.6 is 35.4 Å². The third-order valence-electron chi connectivity index (χ3n) is 2.87. The fraction of sp³-hybridized carbons (Fsp3) is 0.333. The van der Waals surface area contributed by atoms with Crippen molar-refractivity contribution in [3.05, 3.63) is 28.2 Å². The Labute approximate surface area is 122 Å². The lowest BCUT2D eigenvalue weighted by molar-refractivity contribution is -0.121. The Hall–Kier alpha value is -0.840. The highest BCUT2D eigenvalue weighted by molar-refractivity contribution is 7.80. The molecule has 1 aromatic carbocycles. The Morgan fingerprint density at radius 3 is 2.28 bits per heavy atom. The average Bonchev–Trinajstić information content (AvgIpc) is 2.25. The van der Waals surface area contributed by atoms with Gasteiger partial charge in [0.25, 0.3) is 0 Å². The van der Waals surface area contributed by atoms with Crippen LogP contribution in [0.3, 0.4) is 0 Å². The fourth-order valence-electron chi connectivity index (χ4n) is 1.34. The minimum Gasteiger partial charge on any atom is -0.392 e. The van der Waals surface area contributed by atoms with Crippen molar-refractivity contribution in [1.29, 1.82) is 0 Å². The summed E-state index contributed by atoms with van der Waals surface area (Å²) in [6.07, 6.45) is 0.516. The van der Waals surface area contributed by atoms with Crippen molar-refractivity contribution >= 4 is 52.0 Å². The molecule has 0 radical (unpaired) electrons. The standard InChI is InChI=1S/C12H14Cl2N2OS/c1-3-12(2,10(15)18)11(17)16-9-5-7(13)4-8(14)6-9/h4-6H,3H2,1-2H3,(H2,15,18)(H,16,17). The third-order valence-corrected chi connectivity index (χ3v) is 3.76. The van der Waals surface area contributed by atoms with E-state index >= 15 is 0 Å². The number of amides is 1. The van der Waals surface area contributed by atoms with Crippen LogP contribution in [0.25, 0.3) is 0 Å². The van der Waals surface area contributed by atoms with Gasteiger partial charge >= 0.3 is 0 Å². The minimum absolute atomic E-state index is 0.163. The number of thiocarbonyl (C=S) groups is 1. The zero-order chi connectivity index (χ0) is 13.9. The predicted octanol–water partition coefficient (Wildman–Crippen LogP) is 3.63. The first-order valence-electron chi connectivity index (χ1n) is 5.37. The first kappa shape index (κ1) is 15.2. The number of hydrogen-bond acceptors (Lipinski definition) is 2. The van der Waals surface area contributed by atoms with Gasteiger partial charge in [0.2, 0.25) is 5.91 Å². The lowest BCUT2D eigenvalue weighted by atomic mass is 9.86. The first-order valence-corrected chi connectivity index (χ1v) is 6.53.